The number of nitrogens with zero attached hydrogens (tertiary/aromatic N) is 1. The van der Waals surface area contributed by atoms with Crippen LogP contribution in [0.5, 0.6) is 0 Å². The molecule has 0 bridgehead atoms. The molecule has 1 N–H and O–H groups in total. The van der Waals surface area contributed by atoms with Crippen LogP contribution in [-0.4, -0.2) is 36.2 Å². The van der Waals surface area contributed by atoms with Gasteiger partial charge in [0.05, 0.1) is 0 Å². The predicted molar refractivity (Wildman–Crippen MR) is 56.3 cm³/mol. The van der Waals surface area contributed by atoms with Crippen molar-refractivity contribution in [3.63, 3.8) is 0 Å². The predicted octanol–water partition coefficient (Wildman–Crippen LogP) is 1.58. The summed E-state index contributed by atoms with van der Waals surface area (Å²) in [6.45, 7) is 7.02. The van der Waals surface area contributed by atoms with E-state index in [0.717, 1.165) is 12.0 Å². The Bertz CT molecular complexity index is 128. The first-order chi connectivity index (χ1) is 5.72. The highest BCUT2D eigenvalue weighted by molar-refractivity contribution is 7.97. The molecule has 0 aliphatic carbocycles. The molecule has 0 amide bonds. The van der Waals surface area contributed by atoms with Crippen LogP contribution in [0.2, 0.25) is 0 Å². The third-order valence-corrected chi connectivity index (χ3v) is 3.66. The molecule has 0 aromatic heterocycles. The van der Waals surface area contributed by atoms with Crippen molar-refractivity contribution in [1.82, 2.24) is 9.62 Å². The van der Waals surface area contributed by atoms with E-state index in [-0.39, 0.29) is 0 Å². The normalized spacial score (nSPS) is 25.5. The van der Waals surface area contributed by atoms with Gasteiger partial charge in [0.15, 0.2) is 0 Å². The standard InChI is InChI=1S/C9H20N2S/c1-8(2)7-12-11-5-4-9(6-11)10-3/h8-10H,4-7H2,1-3H3. The van der Waals surface area contributed by atoms with E-state index in [0.29, 0.717) is 0 Å². The molecule has 2 nitrogen and oxygen atoms in total. The number of rotatable bonds is 4. The van der Waals surface area contributed by atoms with Crippen LogP contribution in [0.1, 0.15) is 20.3 Å². The second-order valence-corrected chi connectivity index (χ2v) is 4.96. The molecular formula is C9H20N2S. The summed E-state index contributed by atoms with van der Waals surface area (Å²) in [6, 6.07) is 0.727. The lowest BCUT2D eigenvalue weighted by molar-refractivity contribution is 0.539. The zero-order chi connectivity index (χ0) is 8.97. The van der Waals surface area contributed by atoms with Crippen molar-refractivity contribution in [2.45, 2.75) is 26.3 Å². The number of nitrogens with one attached hydrogen (secondary N) is 1. The monoisotopic (exact) mass is 188 g/mol. The van der Waals surface area contributed by atoms with Gasteiger partial charge in [0, 0.05) is 24.9 Å². The molecule has 0 aromatic carbocycles. The highest BCUT2D eigenvalue weighted by atomic mass is 32.2. The summed E-state index contributed by atoms with van der Waals surface area (Å²) in [5.74, 6) is 2.07. The average molecular weight is 188 g/mol. The molecule has 0 saturated carbocycles. The molecule has 0 spiro atoms. The van der Waals surface area contributed by atoms with Gasteiger partial charge in [-0.1, -0.05) is 25.8 Å². The van der Waals surface area contributed by atoms with Gasteiger partial charge in [-0.05, 0) is 19.4 Å². The average Bonchev–Trinajstić information content (AvgIpc) is 2.48. The number of likely N-dealkylation sites (N-methyl/N-ethyl adjacent to an activating group) is 1. The Labute approximate surface area is 80.2 Å². The van der Waals surface area contributed by atoms with Gasteiger partial charge < -0.3 is 5.32 Å². The molecule has 1 fully saturated rings. The fourth-order valence-corrected chi connectivity index (χ4v) is 2.36. The molecule has 72 valence electrons. The molecule has 0 radical (unpaired) electrons. The maximum Gasteiger partial charge on any atom is 0.0244 e. The molecule has 1 atom stereocenters. The topological polar surface area (TPSA) is 15.3 Å². The van der Waals surface area contributed by atoms with Crippen LogP contribution in [0.15, 0.2) is 0 Å². The van der Waals surface area contributed by atoms with Gasteiger partial charge in [-0.2, -0.15) is 0 Å². The summed E-state index contributed by atoms with van der Waals surface area (Å²) >= 11 is 2.00. The van der Waals surface area contributed by atoms with Gasteiger partial charge in [0.1, 0.15) is 0 Å². The molecule has 1 aliphatic heterocycles. The van der Waals surface area contributed by atoms with Gasteiger partial charge in [0.25, 0.3) is 0 Å². The summed E-state index contributed by atoms with van der Waals surface area (Å²) < 4.78 is 2.49. The fourth-order valence-electron chi connectivity index (χ4n) is 1.34. The van der Waals surface area contributed by atoms with E-state index in [9.17, 15) is 0 Å². The summed E-state index contributed by atoms with van der Waals surface area (Å²) in [5, 5.41) is 3.33. The van der Waals surface area contributed by atoms with Crippen molar-refractivity contribution in [1.29, 1.82) is 0 Å². The Morgan fingerprint density at radius 1 is 1.58 bits per heavy atom. The van der Waals surface area contributed by atoms with Gasteiger partial charge in [-0.25, -0.2) is 4.31 Å². The molecule has 1 rings (SSSR count). The molecular weight excluding hydrogens is 168 g/mol. The smallest absolute Gasteiger partial charge is 0.0244 e. The Morgan fingerprint density at radius 3 is 2.83 bits per heavy atom. The summed E-state index contributed by atoms with van der Waals surface area (Å²) in [6.07, 6.45) is 1.31. The van der Waals surface area contributed by atoms with E-state index in [1.54, 1.807) is 0 Å². The lowest BCUT2D eigenvalue weighted by Gasteiger charge is -2.15. The largest absolute Gasteiger partial charge is 0.316 e. The van der Waals surface area contributed by atoms with Crippen molar-refractivity contribution in [2.24, 2.45) is 5.92 Å². The van der Waals surface area contributed by atoms with E-state index in [1.807, 2.05) is 11.9 Å². The van der Waals surface area contributed by atoms with Crippen LogP contribution in [0.3, 0.4) is 0 Å². The van der Waals surface area contributed by atoms with Gasteiger partial charge in [-0.15, -0.1) is 0 Å². The van der Waals surface area contributed by atoms with Crippen molar-refractivity contribution in [2.75, 3.05) is 25.9 Å². The van der Waals surface area contributed by atoms with Crippen LogP contribution in [0.25, 0.3) is 0 Å². The van der Waals surface area contributed by atoms with Crippen LogP contribution >= 0.6 is 11.9 Å². The fraction of sp³-hybridized carbons (Fsp3) is 1.00. The van der Waals surface area contributed by atoms with Crippen LogP contribution < -0.4 is 5.32 Å². The van der Waals surface area contributed by atoms with Crippen molar-refractivity contribution >= 4 is 11.9 Å². The van der Waals surface area contributed by atoms with Crippen molar-refractivity contribution in [3.8, 4) is 0 Å². The quantitative estimate of drug-likeness (QED) is 0.674. The highest BCUT2D eigenvalue weighted by Gasteiger charge is 2.20. The summed E-state index contributed by atoms with van der Waals surface area (Å²) in [7, 11) is 2.06. The van der Waals surface area contributed by atoms with E-state index < -0.39 is 0 Å². The van der Waals surface area contributed by atoms with E-state index in [2.05, 4.69) is 30.5 Å². The third-order valence-electron chi connectivity index (χ3n) is 2.15. The molecule has 12 heavy (non-hydrogen) atoms. The Morgan fingerprint density at radius 2 is 2.33 bits per heavy atom. The molecule has 1 heterocycles. The molecule has 1 saturated heterocycles. The third kappa shape index (κ3) is 3.33. The van der Waals surface area contributed by atoms with E-state index in [4.69, 9.17) is 0 Å². The molecule has 1 unspecified atom stereocenters. The summed E-state index contributed by atoms with van der Waals surface area (Å²) in [5.41, 5.74) is 0. The summed E-state index contributed by atoms with van der Waals surface area (Å²) in [4.78, 5) is 0. The number of hydrogen-bond donors (Lipinski definition) is 1. The zero-order valence-electron chi connectivity index (χ0n) is 8.34. The molecule has 1 aliphatic rings. The maximum atomic E-state index is 3.33. The highest BCUT2D eigenvalue weighted by Crippen LogP contribution is 2.20. The molecule has 0 aromatic rings. The first-order valence-corrected chi connectivity index (χ1v) is 5.71. The maximum absolute atomic E-state index is 3.33. The minimum absolute atomic E-state index is 0.727. The van der Waals surface area contributed by atoms with Crippen LogP contribution in [0.4, 0.5) is 0 Å². The first kappa shape index (κ1) is 10.4. The van der Waals surface area contributed by atoms with Gasteiger partial charge in [-0.3, -0.25) is 0 Å². The van der Waals surface area contributed by atoms with Gasteiger partial charge in [0.2, 0.25) is 0 Å². The molecule has 3 heteroatoms. The Balaban J connectivity index is 2.11. The Hall–Kier alpha value is 0.270. The first-order valence-electron chi connectivity index (χ1n) is 4.77. The lowest BCUT2D eigenvalue weighted by Crippen LogP contribution is -2.27. The number of hydrogen-bond acceptors (Lipinski definition) is 3. The Kier molecular flexibility index (Phi) is 4.40. The second-order valence-electron chi connectivity index (χ2n) is 3.85. The van der Waals surface area contributed by atoms with E-state index >= 15 is 0 Å². The zero-order valence-corrected chi connectivity index (χ0v) is 9.16. The van der Waals surface area contributed by atoms with Crippen LogP contribution in [-0.2, 0) is 0 Å². The van der Waals surface area contributed by atoms with Crippen LogP contribution in [0, 0.1) is 5.92 Å². The lowest BCUT2D eigenvalue weighted by atomic mass is 10.3. The van der Waals surface area contributed by atoms with E-state index in [1.165, 1.54) is 25.3 Å². The SMILES string of the molecule is CNC1CCN(SCC(C)C)C1. The second kappa shape index (κ2) is 5.10. The van der Waals surface area contributed by atoms with Crippen molar-refractivity contribution in [3.05, 3.63) is 0 Å². The minimum atomic E-state index is 0.727. The minimum Gasteiger partial charge on any atom is -0.316 e. The van der Waals surface area contributed by atoms with Crippen molar-refractivity contribution < 1.29 is 0 Å². The van der Waals surface area contributed by atoms with Gasteiger partial charge >= 0.3 is 0 Å².